The molecule has 1 aromatic heterocycles. The maximum Gasteiger partial charge on any atom is 0.0704 e. The average molecular weight is 220 g/mol. The zero-order chi connectivity index (χ0) is 10.5. The highest BCUT2D eigenvalue weighted by molar-refractivity contribution is 6.17. The normalized spacial score (nSPS) is 10.7. The Morgan fingerprint density at radius 1 is 1.07 bits per heavy atom. The summed E-state index contributed by atoms with van der Waals surface area (Å²) in [5, 5.41) is 1.27. The van der Waals surface area contributed by atoms with Crippen LogP contribution < -0.4 is 0 Å². The molecular formula is C13H14ClN. The van der Waals surface area contributed by atoms with Crippen LogP contribution in [0.4, 0.5) is 0 Å². The predicted octanol–water partition coefficient (Wildman–Crippen LogP) is 3.80. The molecule has 1 heterocycles. The molecule has 0 aliphatic heterocycles. The number of aryl methyl sites for hydroxylation is 1. The second-order valence-corrected chi connectivity index (χ2v) is 4.01. The van der Waals surface area contributed by atoms with Crippen LogP contribution in [-0.4, -0.2) is 10.9 Å². The van der Waals surface area contributed by atoms with Crippen LogP contribution in [0.5, 0.6) is 0 Å². The fourth-order valence-corrected chi connectivity index (χ4v) is 1.97. The Bertz CT molecular complexity index is 434. The van der Waals surface area contributed by atoms with E-state index in [0.717, 1.165) is 30.7 Å². The molecule has 0 N–H and O–H groups in total. The lowest BCUT2D eigenvalue weighted by Crippen LogP contribution is -1.89. The molecule has 0 radical (unpaired) electrons. The van der Waals surface area contributed by atoms with Crippen molar-refractivity contribution in [2.45, 2.75) is 19.3 Å². The number of benzene rings is 1. The van der Waals surface area contributed by atoms with Gasteiger partial charge in [-0.15, -0.1) is 11.6 Å². The molecule has 0 aliphatic rings. The molecule has 2 aromatic rings. The van der Waals surface area contributed by atoms with Crippen molar-refractivity contribution in [1.29, 1.82) is 0 Å². The molecule has 1 nitrogen and oxygen atoms in total. The average Bonchev–Trinajstić information content (AvgIpc) is 2.30. The number of alkyl halides is 1. The minimum atomic E-state index is 0.753. The van der Waals surface area contributed by atoms with Gasteiger partial charge in [-0.05, 0) is 37.0 Å². The highest BCUT2D eigenvalue weighted by Gasteiger charge is 2.00. The van der Waals surface area contributed by atoms with E-state index in [1.807, 2.05) is 12.3 Å². The lowest BCUT2D eigenvalue weighted by atomic mass is 10.0. The van der Waals surface area contributed by atoms with Crippen molar-refractivity contribution in [2.75, 3.05) is 5.88 Å². The third-order valence-electron chi connectivity index (χ3n) is 2.57. The molecule has 0 spiro atoms. The van der Waals surface area contributed by atoms with Crippen LogP contribution in [-0.2, 0) is 6.42 Å². The van der Waals surface area contributed by atoms with E-state index >= 15 is 0 Å². The number of unbranched alkanes of at least 4 members (excludes halogenated alkanes) is 1. The van der Waals surface area contributed by atoms with Crippen molar-refractivity contribution in [3.05, 3.63) is 42.1 Å². The van der Waals surface area contributed by atoms with Crippen LogP contribution in [0.2, 0.25) is 0 Å². The van der Waals surface area contributed by atoms with Gasteiger partial charge < -0.3 is 0 Å². The summed E-state index contributed by atoms with van der Waals surface area (Å²) in [5.41, 5.74) is 2.46. The van der Waals surface area contributed by atoms with Gasteiger partial charge in [0.05, 0.1) is 5.52 Å². The first-order chi connectivity index (χ1) is 7.42. The highest BCUT2D eigenvalue weighted by Crippen LogP contribution is 2.17. The van der Waals surface area contributed by atoms with Gasteiger partial charge in [-0.3, -0.25) is 4.98 Å². The molecule has 1 aromatic carbocycles. The standard InChI is InChI=1S/C13H14ClN/c14-9-4-3-5-11-8-10-15-13-7-2-1-6-12(11)13/h1-2,6-8,10H,3-5,9H2. The largest absolute Gasteiger partial charge is 0.256 e. The second kappa shape index (κ2) is 5.13. The van der Waals surface area contributed by atoms with Crippen LogP contribution in [0.1, 0.15) is 18.4 Å². The maximum atomic E-state index is 5.67. The Kier molecular flexibility index (Phi) is 3.57. The van der Waals surface area contributed by atoms with E-state index in [1.54, 1.807) is 0 Å². The fraction of sp³-hybridized carbons (Fsp3) is 0.308. The van der Waals surface area contributed by atoms with Crippen molar-refractivity contribution in [2.24, 2.45) is 0 Å². The van der Waals surface area contributed by atoms with Crippen molar-refractivity contribution >= 4 is 22.5 Å². The summed E-state index contributed by atoms with van der Waals surface area (Å²) < 4.78 is 0. The smallest absolute Gasteiger partial charge is 0.0704 e. The van der Waals surface area contributed by atoms with Crippen molar-refractivity contribution < 1.29 is 0 Å². The number of para-hydroxylation sites is 1. The van der Waals surface area contributed by atoms with E-state index in [1.165, 1.54) is 10.9 Å². The Hall–Kier alpha value is -1.08. The molecule has 0 saturated heterocycles. The summed E-state index contributed by atoms with van der Waals surface area (Å²) in [6, 6.07) is 10.4. The molecular weight excluding hydrogens is 206 g/mol. The van der Waals surface area contributed by atoms with Gasteiger partial charge in [-0.25, -0.2) is 0 Å². The monoisotopic (exact) mass is 219 g/mol. The van der Waals surface area contributed by atoms with Gasteiger partial charge >= 0.3 is 0 Å². The van der Waals surface area contributed by atoms with Crippen LogP contribution in [0.25, 0.3) is 10.9 Å². The van der Waals surface area contributed by atoms with E-state index in [-0.39, 0.29) is 0 Å². The molecule has 0 bridgehead atoms. The summed E-state index contributed by atoms with van der Waals surface area (Å²) >= 11 is 5.67. The minimum Gasteiger partial charge on any atom is -0.256 e. The fourth-order valence-electron chi connectivity index (χ4n) is 1.78. The molecule has 2 heteroatoms. The lowest BCUT2D eigenvalue weighted by molar-refractivity contribution is 0.803. The summed E-state index contributed by atoms with van der Waals surface area (Å²) in [6.07, 6.45) is 5.21. The minimum absolute atomic E-state index is 0.753. The van der Waals surface area contributed by atoms with E-state index < -0.39 is 0 Å². The van der Waals surface area contributed by atoms with Gasteiger partial charge in [0.15, 0.2) is 0 Å². The summed E-state index contributed by atoms with van der Waals surface area (Å²) in [6.45, 7) is 0. The van der Waals surface area contributed by atoms with E-state index in [0.29, 0.717) is 0 Å². The molecule has 0 saturated carbocycles. The lowest BCUT2D eigenvalue weighted by Gasteiger charge is -2.04. The number of rotatable bonds is 4. The Morgan fingerprint density at radius 3 is 2.80 bits per heavy atom. The molecule has 78 valence electrons. The zero-order valence-electron chi connectivity index (χ0n) is 8.62. The van der Waals surface area contributed by atoms with Crippen LogP contribution in [0, 0.1) is 0 Å². The number of pyridine rings is 1. The van der Waals surface area contributed by atoms with Crippen molar-refractivity contribution in [3.8, 4) is 0 Å². The van der Waals surface area contributed by atoms with Crippen LogP contribution in [0.3, 0.4) is 0 Å². The molecule has 15 heavy (non-hydrogen) atoms. The van der Waals surface area contributed by atoms with Crippen molar-refractivity contribution in [3.63, 3.8) is 0 Å². The summed E-state index contributed by atoms with van der Waals surface area (Å²) in [4.78, 5) is 4.34. The Morgan fingerprint density at radius 2 is 1.93 bits per heavy atom. The molecule has 0 fully saturated rings. The number of halogens is 1. The number of hydrogen-bond donors (Lipinski definition) is 0. The van der Waals surface area contributed by atoms with E-state index in [2.05, 4.69) is 29.2 Å². The van der Waals surface area contributed by atoms with E-state index in [4.69, 9.17) is 11.6 Å². The van der Waals surface area contributed by atoms with Gasteiger partial charge in [0.25, 0.3) is 0 Å². The highest BCUT2D eigenvalue weighted by atomic mass is 35.5. The molecule has 2 rings (SSSR count). The Labute approximate surface area is 95.1 Å². The number of aromatic nitrogens is 1. The number of hydrogen-bond acceptors (Lipinski definition) is 1. The maximum absolute atomic E-state index is 5.67. The first kappa shape index (κ1) is 10.4. The predicted molar refractivity (Wildman–Crippen MR) is 65.4 cm³/mol. The third-order valence-corrected chi connectivity index (χ3v) is 2.84. The van der Waals surface area contributed by atoms with Gasteiger partial charge in [0.1, 0.15) is 0 Å². The van der Waals surface area contributed by atoms with Crippen LogP contribution in [0.15, 0.2) is 36.5 Å². The number of nitrogens with zero attached hydrogens (tertiary/aromatic N) is 1. The second-order valence-electron chi connectivity index (χ2n) is 3.63. The van der Waals surface area contributed by atoms with Gasteiger partial charge in [0.2, 0.25) is 0 Å². The topological polar surface area (TPSA) is 12.9 Å². The molecule has 0 atom stereocenters. The molecule has 0 aliphatic carbocycles. The molecule has 0 unspecified atom stereocenters. The number of fused-ring (bicyclic) bond motifs is 1. The van der Waals surface area contributed by atoms with Gasteiger partial charge in [0, 0.05) is 17.5 Å². The third kappa shape index (κ3) is 2.48. The first-order valence-electron chi connectivity index (χ1n) is 5.30. The summed E-state index contributed by atoms with van der Waals surface area (Å²) in [7, 11) is 0. The molecule has 0 amide bonds. The van der Waals surface area contributed by atoms with Gasteiger partial charge in [-0.2, -0.15) is 0 Å². The zero-order valence-corrected chi connectivity index (χ0v) is 9.37. The van der Waals surface area contributed by atoms with Crippen LogP contribution >= 0.6 is 11.6 Å². The van der Waals surface area contributed by atoms with E-state index in [9.17, 15) is 0 Å². The van der Waals surface area contributed by atoms with Gasteiger partial charge in [-0.1, -0.05) is 18.2 Å². The Balaban J connectivity index is 2.26. The summed E-state index contributed by atoms with van der Waals surface area (Å²) in [5.74, 6) is 0.753. The SMILES string of the molecule is ClCCCCc1ccnc2ccccc12. The first-order valence-corrected chi connectivity index (χ1v) is 5.84. The quantitative estimate of drug-likeness (QED) is 0.563. The van der Waals surface area contributed by atoms with Crippen molar-refractivity contribution in [1.82, 2.24) is 4.98 Å².